The van der Waals surface area contributed by atoms with Crippen molar-refractivity contribution in [3.8, 4) is 11.7 Å². The van der Waals surface area contributed by atoms with E-state index in [1.54, 1.807) is 17.0 Å². The summed E-state index contributed by atoms with van der Waals surface area (Å²) in [5.41, 5.74) is 1.30. The monoisotopic (exact) mass is 385 g/mol. The molecule has 1 atom stereocenters. The van der Waals surface area contributed by atoms with Crippen molar-refractivity contribution in [2.24, 2.45) is 0 Å². The predicted molar refractivity (Wildman–Crippen MR) is 95.7 cm³/mol. The van der Waals surface area contributed by atoms with Crippen LogP contribution in [0.15, 0.2) is 43.0 Å². The number of aromatic nitrogens is 6. The molecule has 0 saturated carbocycles. The van der Waals surface area contributed by atoms with Crippen molar-refractivity contribution in [2.75, 3.05) is 13.1 Å². The van der Waals surface area contributed by atoms with Gasteiger partial charge in [0.05, 0.1) is 29.6 Å². The number of piperidine rings is 1. The summed E-state index contributed by atoms with van der Waals surface area (Å²) >= 11 is 5.79. The van der Waals surface area contributed by atoms with E-state index in [-0.39, 0.29) is 18.0 Å². The lowest BCUT2D eigenvalue weighted by molar-refractivity contribution is 0.0516. The van der Waals surface area contributed by atoms with E-state index in [1.807, 2.05) is 12.1 Å². The van der Waals surface area contributed by atoms with E-state index in [4.69, 9.17) is 16.3 Å². The Hall–Kier alpha value is -3.07. The highest BCUT2D eigenvalue weighted by Crippen LogP contribution is 2.19. The average molecular weight is 386 g/mol. The van der Waals surface area contributed by atoms with Gasteiger partial charge in [0.1, 0.15) is 12.4 Å². The van der Waals surface area contributed by atoms with Crippen LogP contribution in [0.5, 0.6) is 6.01 Å². The maximum absolute atomic E-state index is 12.9. The quantitative estimate of drug-likeness (QED) is 0.675. The first-order valence-electron chi connectivity index (χ1n) is 8.46. The third-order valence-electron chi connectivity index (χ3n) is 4.24. The van der Waals surface area contributed by atoms with Gasteiger partial charge in [0, 0.05) is 12.1 Å². The van der Waals surface area contributed by atoms with Gasteiger partial charge in [-0.1, -0.05) is 17.7 Å². The van der Waals surface area contributed by atoms with Crippen molar-refractivity contribution >= 4 is 17.5 Å². The fourth-order valence-corrected chi connectivity index (χ4v) is 3.07. The number of hydrogen-bond donors (Lipinski definition) is 0. The van der Waals surface area contributed by atoms with Crippen molar-refractivity contribution in [2.45, 2.75) is 18.9 Å². The highest BCUT2D eigenvalue weighted by atomic mass is 35.5. The molecule has 1 aromatic carbocycles. The first-order valence-corrected chi connectivity index (χ1v) is 8.84. The van der Waals surface area contributed by atoms with E-state index in [9.17, 15) is 4.79 Å². The van der Waals surface area contributed by atoms with Crippen molar-refractivity contribution in [3.05, 3.63) is 53.6 Å². The molecular formula is C17H16ClN7O2. The van der Waals surface area contributed by atoms with Gasteiger partial charge in [-0.15, -0.1) is 5.10 Å². The molecule has 0 aliphatic carbocycles. The van der Waals surface area contributed by atoms with Crippen LogP contribution in [0.3, 0.4) is 0 Å². The number of likely N-dealkylation sites (tertiary alicyclic amines) is 1. The van der Waals surface area contributed by atoms with Gasteiger partial charge in [0.25, 0.3) is 5.91 Å². The van der Waals surface area contributed by atoms with E-state index in [2.05, 4.69) is 25.5 Å². The van der Waals surface area contributed by atoms with Crippen LogP contribution in [0, 0.1) is 0 Å². The first-order chi connectivity index (χ1) is 13.2. The van der Waals surface area contributed by atoms with Crippen molar-refractivity contribution < 1.29 is 9.53 Å². The van der Waals surface area contributed by atoms with E-state index in [0.717, 1.165) is 18.5 Å². The van der Waals surface area contributed by atoms with Crippen LogP contribution >= 0.6 is 11.6 Å². The number of carbonyl (C=O) groups excluding carboxylic acids is 1. The van der Waals surface area contributed by atoms with Crippen molar-refractivity contribution in [1.29, 1.82) is 0 Å². The van der Waals surface area contributed by atoms with Crippen molar-refractivity contribution in [3.63, 3.8) is 0 Å². The zero-order valence-corrected chi connectivity index (χ0v) is 15.0. The molecule has 27 heavy (non-hydrogen) atoms. The molecule has 1 fully saturated rings. The SMILES string of the molecule is O=C(c1cccc(-n2cnnn2)c1)N1CCC[C@H](Oc2ncc(Cl)cn2)C1. The minimum atomic E-state index is -0.161. The maximum atomic E-state index is 12.9. The van der Waals surface area contributed by atoms with Gasteiger partial charge in [-0.3, -0.25) is 4.79 Å². The normalized spacial score (nSPS) is 16.9. The Balaban J connectivity index is 1.45. The summed E-state index contributed by atoms with van der Waals surface area (Å²) in [5, 5.41) is 11.5. The lowest BCUT2D eigenvalue weighted by Crippen LogP contribution is -2.44. The number of hydrogen-bond acceptors (Lipinski definition) is 7. The Morgan fingerprint density at radius 2 is 2.11 bits per heavy atom. The molecule has 1 aliphatic heterocycles. The Labute approximate surface area is 159 Å². The molecule has 9 nitrogen and oxygen atoms in total. The van der Waals surface area contributed by atoms with Crippen LogP contribution in [0.1, 0.15) is 23.2 Å². The van der Waals surface area contributed by atoms with Gasteiger partial charge in [-0.25, -0.2) is 14.6 Å². The molecular weight excluding hydrogens is 370 g/mol. The molecule has 1 saturated heterocycles. The van der Waals surface area contributed by atoms with Gasteiger partial charge in [-0.2, -0.15) is 0 Å². The van der Waals surface area contributed by atoms with E-state index >= 15 is 0 Å². The summed E-state index contributed by atoms with van der Waals surface area (Å²) in [5.74, 6) is -0.0600. The second kappa shape index (κ2) is 7.67. The largest absolute Gasteiger partial charge is 0.458 e. The predicted octanol–water partition coefficient (Wildman–Crippen LogP) is 1.79. The Morgan fingerprint density at radius 3 is 2.89 bits per heavy atom. The smallest absolute Gasteiger partial charge is 0.316 e. The third-order valence-corrected chi connectivity index (χ3v) is 4.44. The minimum Gasteiger partial charge on any atom is -0.458 e. The van der Waals surface area contributed by atoms with Gasteiger partial charge >= 0.3 is 6.01 Å². The van der Waals surface area contributed by atoms with Gasteiger partial charge in [-0.05, 0) is 41.5 Å². The molecule has 10 heteroatoms. The highest BCUT2D eigenvalue weighted by Gasteiger charge is 2.26. The van der Waals surface area contributed by atoms with E-state index < -0.39 is 0 Å². The number of nitrogens with zero attached hydrogens (tertiary/aromatic N) is 7. The van der Waals surface area contributed by atoms with Gasteiger partial charge in [0.15, 0.2) is 0 Å². The molecule has 1 amide bonds. The van der Waals surface area contributed by atoms with E-state index in [1.165, 1.54) is 23.4 Å². The molecule has 3 heterocycles. The van der Waals surface area contributed by atoms with Crippen LogP contribution in [0.2, 0.25) is 5.02 Å². The zero-order valence-electron chi connectivity index (χ0n) is 14.3. The molecule has 1 aliphatic rings. The molecule has 2 aromatic heterocycles. The highest BCUT2D eigenvalue weighted by molar-refractivity contribution is 6.30. The molecule has 0 bridgehead atoms. The fraction of sp³-hybridized carbons (Fsp3) is 0.294. The lowest BCUT2D eigenvalue weighted by atomic mass is 10.1. The second-order valence-corrected chi connectivity index (χ2v) is 6.56. The molecule has 0 N–H and O–H groups in total. The number of halogens is 1. The third kappa shape index (κ3) is 4.03. The molecule has 0 radical (unpaired) electrons. The van der Waals surface area contributed by atoms with Crippen LogP contribution in [-0.2, 0) is 0 Å². The van der Waals surface area contributed by atoms with Crippen LogP contribution < -0.4 is 4.74 Å². The molecule has 3 aromatic rings. The Kier molecular flexibility index (Phi) is 4.93. The fourth-order valence-electron chi connectivity index (χ4n) is 2.97. The minimum absolute atomic E-state index is 0.0600. The van der Waals surface area contributed by atoms with E-state index in [0.29, 0.717) is 23.7 Å². The Bertz CT molecular complexity index is 917. The van der Waals surface area contributed by atoms with Crippen LogP contribution in [0.4, 0.5) is 0 Å². The van der Waals surface area contributed by atoms with Crippen molar-refractivity contribution in [1.82, 2.24) is 35.1 Å². The van der Waals surface area contributed by atoms with Crippen LogP contribution in [0.25, 0.3) is 5.69 Å². The number of ether oxygens (including phenoxy) is 1. The number of rotatable bonds is 4. The summed E-state index contributed by atoms with van der Waals surface area (Å²) < 4.78 is 7.31. The summed E-state index contributed by atoms with van der Waals surface area (Å²) in [6.45, 7) is 1.15. The molecule has 0 unspecified atom stereocenters. The van der Waals surface area contributed by atoms with Gasteiger partial charge in [0.2, 0.25) is 0 Å². The number of benzene rings is 1. The second-order valence-electron chi connectivity index (χ2n) is 6.12. The van der Waals surface area contributed by atoms with Crippen LogP contribution in [-0.4, -0.2) is 60.2 Å². The average Bonchev–Trinajstić information content (AvgIpc) is 3.24. The first kappa shape index (κ1) is 17.3. The number of carbonyl (C=O) groups is 1. The summed E-state index contributed by atoms with van der Waals surface area (Å²) in [6.07, 6.45) is 5.98. The summed E-state index contributed by atoms with van der Waals surface area (Å²) in [6, 6.07) is 7.46. The zero-order chi connectivity index (χ0) is 18.6. The Morgan fingerprint density at radius 1 is 1.26 bits per heavy atom. The molecule has 4 rings (SSSR count). The maximum Gasteiger partial charge on any atom is 0.316 e. The topological polar surface area (TPSA) is 98.9 Å². The standard InChI is InChI=1S/C17H16ClN7O2/c18-13-8-19-17(20-9-13)27-15-5-2-6-24(10-15)16(26)12-3-1-4-14(7-12)25-11-21-22-23-25/h1,3-4,7-9,11,15H,2,5-6,10H2/t15-/m0/s1. The number of amides is 1. The number of tetrazole rings is 1. The summed E-state index contributed by atoms with van der Waals surface area (Å²) in [4.78, 5) is 22.8. The molecule has 138 valence electrons. The lowest BCUT2D eigenvalue weighted by Gasteiger charge is -2.32. The van der Waals surface area contributed by atoms with Gasteiger partial charge < -0.3 is 9.64 Å². The molecule has 0 spiro atoms. The summed E-state index contributed by atoms with van der Waals surface area (Å²) in [7, 11) is 0.